The zero-order valence-electron chi connectivity index (χ0n) is 11.8. The molecule has 5 nitrogen and oxygen atoms in total. The molecule has 0 unspecified atom stereocenters. The van der Waals surface area contributed by atoms with E-state index in [1.165, 1.54) is 0 Å². The minimum atomic E-state index is -1.02. The van der Waals surface area contributed by atoms with Crippen molar-refractivity contribution in [2.75, 3.05) is 0 Å². The standard InChI is InChI=1S/C15H18N2O3/c1-4-12(15(19)20)17-14(18)10-5-6-13-11(7-10)8(2)9(3)16-13/h5-7,12,16H,4H2,1-3H3,(H,17,18)(H,19,20)/t12-/m0/s1. The van der Waals surface area contributed by atoms with E-state index in [-0.39, 0.29) is 5.91 Å². The molecule has 2 rings (SSSR count). The van der Waals surface area contributed by atoms with Crippen LogP contribution >= 0.6 is 0 Å². The summed E-state index contributed by atoms with van der Waals surface area (Å²) < 4.78 is 0. The van der Waals surface area contributed by atoms with Crippen molar-refractivity contribution in [1.29, 1.82) is 0 Å². The summed E-state index contributed by atoms with van der Waals surface area (Å²) in [5.41, 5.74) is 3.61. The third-order valence-corrected chi connectivity index (χ3v) is 3.58. The molecule has 0 saturated carbocycles. The van der Waals surface area contributed by atoms with Crippen molar-refractivity contribution >= 4 is 22.8 Å². The number of carboxylic acids is 1. The lowest BCUT2D eigenvalue weighted by molar-refractivity contribution is -0.139. The molecule has 1 aromatic carbocycles. The second-order valence-electron chi connectivity index (χ2n) is 4.91. The Morgan fingerprint density at radius 3 is 2.65 bits per heavy atom. The molecule has 1 aromatic heterocycles. The van der Waals surface area contributed by atoms with Crippen LogP contribution in [0.3, 0.4) is 0 Å². The van der Waals surface area contributed by atoms with Crippen LogP contribution in [0.1, 0.15) is 35.0 Å². The number of aliphatic carboxylic acids is 1. The minimum Gasteiger partial charge on any atom is -0.480 e. The van der Waals surface area contributed by atoms with Crippen LogP contribution < -0.4 is 5.32 Å². The van der Waals surface area contributed by atoms with Crippen molar-refractivity contribution < 1.29 is 14.7 Å². The highest BCUT2D eigenvalue weighted by Gasteiger charge is 2.19. The third kappa shape index (κ3) is 2.52. The number of rotatable bonds is 4. The molecule has 0 aliphatic carbocycles. The molecule has 0 aliphatic heterocycles. The number of carboxylic acid groups (broad SMARTS) is 1. The minimum absolute atomic E-state index is 0.353. The molecular formula is C15H18N2O3. The van der Waals surface area contributed by atoms with E-state index < -0.39 is 12.0 Å². The Labute approximate surface area is 117 Å². The number of hydrogen-bond donors (Lipinski definition) is 3. The summed E-state index contributed by atoms with van der Waals surface area (Å²) in [6, 6.07) is 4.47. The summed E-state index contributed by atoms with van der Waals surface area (Å²) in [5, 5.41) is 12.5. The Balaban J connectivity index is 2.30. The summed E-state index contributed by atoms with van der Waals surface area (Å²) in [6.07, 6.45) is 0.353. The number of H-pyrrole nitrogens is 1. The number of nitrogens with one attached hydrogen (secondary N) is 2. The van der Waals surface area contributed by atoms with Gasteiger partial charge in [-0.25, -0.2) is 4.79 Å². The van der Waals surface area contributed by atoms with Crippen LogP contribution in [0.5, 0.6) is 0 Å². The molecule has 1 heterocycles. The average Bonchev–Trinajstić information content (AvgIpc) is 2.70. The Morgan fingerprint density at radius 1 is 1.35 bits per heavy atom. The van der Waals surface area contributed by atoms with Gasteiger partial charge in [-0.2, -0.15) is 0 Å². The monoisotopic (exact) mass is 274 g/mol. The number of amides is 1. The SMILES string of the molecule is CC[C@H](NC(=O)c1ccc2[nH]c(C)c(C)c2c1)C(=O)O. The van der Waals surface area contributed by atoms with Gasteiger partial charge in [-0.1, -0.05) is 6.92 Å². The van der Waals surface area contributed by atoms with Crippen LogP contribution in [0.2, 0.25) is 0 Å². The van der Waals surface area contributed by atoms with E-state index in [0.29, 0.717) is 12.0 Å². The van der Waals surface area contributed by atoms with Crippen molar-refractivity contribution in [1.82, 2.24) is 10.3 Å². The van der Waals surface area contributed by atoms with Gasteiger partial charge in [0, 0.05) is 22.2 Å². The van der Waals surface area contributed by atoms with Crippen LogP contribution in [-0.4, -0.2) is 28.0 Å². The topological polar surface area (TPSA) is 82.2 Å². The number of fused-ring (bicyclic) bond motifs is 1. The number of aromatic amines is 1. The number of benzene rings is 1. The van der Waals surface area contributed by atoms with E-state index in [9.17, 15) is 9.59 Å². The molecule has 2 aromatic rings. The van der Waals surface area contributed by atoms with Crippen molar-refractivity contribution in [2.24, 2.45) is 0 Å². The van der Waals surface area contributed by atoms with Gasteiger partial charge in [-0.3, -0.25) is 4.79 Å². The van der Waals surface area contributed by atoms with Gasteiger partial charge in [-0.05, 0) is 44.0 Å². The van der Waals surface area contributed by atoms with Crippen LogP contribution in [0.25, 0.3) is 10.9 Å². The van der Waals surface area contributed by atoms with E-state index in [0.717, 1.165) is 22.2 Å². The normalized spacial score (nSPS) is 12.3. The van der Waals surface area contributed by atoms with E-state index >= 15 is 0 Å². The maximum Gasteiger partial charge on any atom is 0.326 e. The zero-order valence-corrected chi connectivity index (χ0v) is 11.8. The first-order valence-corrected chi connectivity index (χ1v) is 6.56. The van der Waals surface area contributed by atoms with Gasteiger partial charge in [0.25, 0.3) is 5.91 Å². The molecule has 1 amide bonds. The highest BCUT2D eigenvalue weighted by molar-refractivity contribution is 6.00. The predicted molar refractivity (Wildman–Crippen MR) is 77.0 cm³/mol. The van der Waals surface area contributed by atoms with Crippen LogP contribution in [0.4, 0.5) is 0 Å². The van der Waals surface area contributed by atoms with Gasteiger partial charge in [0.1, 0.15) is 6.04 Å². The van der Waals surface area contributed by atoms with Gasteiger partial charge in [-0.15, -0.1) is 0 Å². The van der Waals surface area contributed by atoms with Crippen molar-refractivity contribution in [3.05, 3.63) is 35.0 Å². The van der Waals surface area contributed by atoms with Gasteiger partial charge >= 0.3 is 5.97 Å². The van der Waals surface area contributed by atoms with Gasteiger partial charge in [0.2, 0.25) is 0 Å². The maximum atomic E-state index is 12.1. The van der Waals surface area contributed by atoms with Crippen molar-refractivity contribution in [3.8, 4) is 0 Å². The lowest BCUT2D eigenvalue weighted by atomic mass is 10.1. The summed E-state index contributed by atoms with van der Waals surface area (Å²) in [6.45, 7) is 5.69. The van der Waals surface area contributed by atoms with Crippen LogP contribution in [0.15, 0.2) is 18.2 Å². The van der Waals surface area contributed by atoms with Gasteiger partial charge < -0.3 is 15.4 Å². The Bertz CT molecular complexity index is 673. The highest BCUT2D eigenvalue weighted by atomic mass is 16.4. The fourth-order valence-electron chi connectivity index (χ4n) is 2.18. The second-order valence-corrected chi connectivity index (χ2v) is 4.91. The molecule has 0 bridgehead atoms. The Kier molecular flexibility index (Phi) is 3.79. The number of aryl methyl sites for hydroxylation is 2. The van der Waals surface area contributed by atoms with Crippen LogP contribution in [0, 0.1) is 13.8 Å². The molecule has 0 spiro atoms. The lowest BCUT2D eigenvalue weighted by Gasteiger charge is -2.12. The third-order valence-electron chi connectivity index (χ3n) is 3.58. The summed E-state index contributed by atoms with van der Waals surface area (Å²) in [4.78, 5) is 26.3. The summed E-state index contributed by atoms with van der Waals surface area (Å²) in [7, 11) is 0. The first-order chi connectivity index (χ1) is 9.43. The van der Waals surface area contributed by atoms with Crippen molar-refractivity contribution in [3.63, 3.8) is 0 Å². The maximum absolute atomic E-state index is 12.1. The van der Waals surface area contributed by atoms with E-state index in [1.54, 1.807) is 19.1 Å². The molecule has 1 atom stereocenters. The van der Waals surface area contributed by atoms with E-state index in [1.807, 2.05) is 19.9 Å². The fourth-order valence-corrected chi connectivity index (χ4v) is 2.18. The molecule has 0 fully saturated rings. The smallest absolute Gasteiger partial charge is 0.326 e. The Morgan fingerprint density at radius 2 is 2.05 bits per heavy atom. The van der Waals surface area contributed by atoms with Gasteiger partial charge in [0.05, 0.1) is 0 Å². The quantitative estimate of drug-likeness (QED) is 0.800. The molecule has 5 heteroatoms. The first kappa shape index (κ1) is 14.1. The van der Waals surface area contributed by atoms with Crippen LogP contribution in [-0.2, 0) is 4.79 Å². The molecule has 20 heavy (non-hydrogen) atoms. The molecule has 0 aliphatic rings. The largest absolute Gasteiger partial charge is 0.480 e. The molecule has 106 valence electrons. The Hall–Kier alpha value is -2.30. The molecule has 3 N–H and O–H groups in total. The predicted octanol–water partition coefficient (Wildman–Crippen LogP) is 2.38. The van der Waals surface area contributed by atoms with Crippen molar-refractivity contribution in [2.45, 2.75) is 33.2 Å². The molecule has 0 saturated heterocycles. The second kappa shape index (κ2) is 5.36. The number of carbonyl (C=O) groups excluding carboxylic acids is 1. The molecule has 0 radical (unpaired) electrons. The summed E-state index contributed by atoms with van der Waals surface area (Å²) in [5.74, 6) is -1.38. The van der Waals surface area contributed by atoms with E-state index in [2.05, 4.69) is 10.3 Å². The van der Waals surface area contributed by atoms with Gasteiger partial charge in [0.15, 0.2) is 0 Å². The highest BCUT2D eigenvalue weighted by Crippen LogP contribution is 2.22. The summed E-state index contributed by atoms with van der Waals surface area (Å²) >= 11 is 0. The average molecular weight is 274 g/mol. The first-order valence-electron chi connectivity index (χ1n) is 6.56. The fraction of sp³-hybridized carbons (Fsp3) is 0.333. The molecular weight excluding hydrogens is 256 g/mol. The number of hydrogen-bond acceptors (Lipinski definition) is 2. The van der Waals surface area contributed by atoms with E-state index in [4.69, 9.17) is 5.11 Å². The number of carbonyl (C=O) groups is 2. The lowest BCUT2D eigenvalue weighted by Crippen LogP contribution is -2.40. The zero-order chi connectivity index (χ0) is 14.9. The number of aromatic nitrogens is 1.